The Balaban J connectivity index is 1.71. The molecule has 7 heteroatoms. The summed E-state index contributed by atoms with van der Waals surface area (Å²) in [6.07, 6.45) is 3.95. The molecular weight excluding hydrogens is 286 g/mol. The van der Waals surface area contributed by atoms with Crippen molar-refractivity contribution in [2.24, 2.45) is 0 Å². The van der Waals surface area contributed by atoms with Crippen LogP contribution >= 0.6 is 11.8 Å². The van der Waals surface area contributed by atoms with Crippen LogP contribution in [0.2, 0.25) is 0 Å². The second kappa shape index (κ2) is 6.36. The van der Waals surface area contributed by atoms with Gasteiger partial charge < -0.3 is 10.2 Å². The minimum atomic E-state index is -0.0304. The number of carbonyl (C=O) groups excluding carboxylic acids is 1. The zero-order chi connectivity index (χ0) is 14.8. The first-order valence-electron chi connectivity index (χ1n) is 7.71. The Bertz CT molecular complexity index is 499. The molecule has 1 amide bonds. The van der Waals surface area contributed by atoms with Gasteiger partial charge in [0.15, 0.2) is 0 Å². The van der Waals surface area contributed by atoms with E-state index < -0.39 is 0 Å². The first-order valence-corrected chi connectivity index (χ1v) is 8.76. The Labute approximate surface area is 129 Å². The van der Waals surface area contributed by atoms with Crippen LogP contribution in [-0.2, 0) is 0 Å². The second-order valence-corrected chi connectivity index (χ2v) is 7.35. The number of aromatic nitrogens is 3. The molecule has 1 N–H and O–H groups in total. The Hall–Kier alpha value is -1.08. The van der Waals surface area contributed by atoms with Gasteiger partial charge in [-0.2, -0.15) is 11.8 Å². The van der Waals surface area contributed by atoms with Crippen molar-refractivity contribution in [2.45, 2.75) is 44.0 Å². The highest BCUT2D eigenvalue weighted by atomic mass is 32.2. The van der Waals surface area contributed by atoms with E-state index in [0.717, 1.165) is 38.2 Å². The fourth-order valence-corrected chi connectivity index (χ4v) is 4.06. The number of nitrogens with one attached hydrogen (secondary N) is 1. The van der Waals surface area contributed by atoms with E-state index in [4.69, 9.17) is 0 Å². The fourth-order valence-electron chi connectivity index (χ4n) is 2.96. The van der Waals surface area contributed by atoms with E-state index in [2.05, 4.69) is 29.2 Å². The largest absolute Gasteiger partial charge is 0.331 e. The topological polar surface area (TPSA) is 63.1 Å². The molecular formula is C14H23N5OS. The molecule has 0 radical (unpaired) electrons. The number of rotatable bonds is 2. The summed E-state index contributed by atoms with van der Waals surface area (Å²) in [5.41, 5.74) is 0. The maximum absolute atomic E-state index is 12.6. The number of nitrogens with zero attached hydrogens (tertiary/aromatic N) is 4. The van der Waals surface area contributed by atoms with Crippen molar-refractivity contribution in [2.75, 3.05) is 25.4 Å². The summed E-state index contributed by atoms with van der Waals surface area (Å²) in [5.74, 6) is 1.30. The van der Waals surface area contributed by atoms with Gasteiger partial charge in [0.25, 0.3) is 5.91 Å². The van der Waals surface area contributed by atoms with Gasteiger partial charge in [0.2, 0.25) is 5.82 Å². The lowest BCUT2D eigenvalue weighted by molar-refractivity contribution is 0.0685. The van der Waals surface area contributed by atoms with Crippen molar-refractivity contribution in [3.63, 3.8) is 0 Å². The summed E-state index contributed by atoms with van der Waals surface area (Å²) in [4.78, 5) is 18.8. The summed E-state index contributed by atoms with van der Waals surface area (Å²) < 4.78 is 1.85. The quantitative estimate of drug-likeness (QED) is 0.888. The molecule has 116 valence electrons. The predicted molar refractivity (Wildman–Crippen MR) is 83.6 cm³/mol. The van der Waals surface area contributed by atoms with E-state index in [0.29, 0.717) is 17.1 Å². The van der Waals surface area contributed by atoms with Crippen LogP contribution in [0.15, 0.2) is 6.33 Å². The molecule has 2 saturated heterocycles. The molecule has 6 nitrogen and oxygen atoms in total. The highest BCUT2D eigenvalue weighted by Crippen LogP contribution is 2.25. The molecule has 0 aromatic carbocycles. The van der Waals surface area contributed by atoms with E-state index in [1.807, 2.05) is 21.3 Å². The van der Waals surface area contributed by atoms with Crippen LogP contribution in [0.1, 0.15) is 43.3 Å². The van der Waals surface area contributed by atoms with Crippen LogP contribution in [0.5, 0.6) is 0 Å². The number of thioether (sulfide) groups is 1. The molecule has 1 aromatic rings. The van der Waals surface area contributed by atoms with Crippen molar-refractivity contribution in [3.05, 3.63) is 12.2 Å². The highest BCUT2D eigenvalue weighted by molar-refractivity contribution is 8.00. The average Bonchev–Trinajstić information content (AvgIpc) is 3.00. The first kappa shape index (κ1) is 14.8. The molecule has 0 aliphatic carbocycles. The third kappa shape index (κ3) is 3.08. The van der Waals surface area contributed by atoms with Gasteiger partial charge in [-0.15, -0.1) is 5.10 Å². The van der Waals surface area contributed by atoms with Gasteiger partial charge in [0.05, 0.1) is 6.04 Å². The summed E-state index contributed by atoms with van der Waals surface area (Å²) in [7, 11) is 0. The molecule has 2 aliphatic heterocycles. The standard InChI is InChI=1S/C14H23N5OS/c1-10-11(2)21-7-6-18(10)14(20)13-16-9-19(17-13)12-4-3-5-15-8-12/h9-12,15H,3-8H2,1-2H3/t10-,11+,12-/m1/s1. The molecule has 2 fully saturated rings. The molecule has 3 rings (SSSR count). The first-order chi connectivity index (χ1) is 10.2. The predicted octanol–water partition coefficient (Wildman–Crippen LogP) is 1.17. The van der Waals surface area contributed by atoms with Gasteiger partial charge in [-0.1, -0.05) is 6.92 Å². The van der Waals surface area contributed by atoms with Crippen LogP contribution in [0.3, 0.4) is 0 Å². The second-order valence-electron chi connectivity index (χ2n) is 5.86. The third-order valence-corrected chi connectivity index (χ3v) is 5.83. The summed E-state index contributed by atoms with van der Waals surface area (Å²) >= 11 is 1.92. The molecule has 3 heterocycles. The van der Waals surface area contributed by atoms with Gasteiger partial charge in [-0.05, 0) is 26.3 Å². The lowest BCUT2D eigenvalue weighted by atomic mass is 10.1. The average molecular weight is 309 g/mol. The number of hydrogen-bond acceptors (Lipinski definition) is 5. The molecule has 2 aliphatic rings. The molecule has 21 heavy (non-hydrogen) atoms. The van der Waals surface area contributed by atoms with Gasteiger partial charge in [-0.25, -0.2) is 9.67 Å². The minimum Gasteiger partial charge on any atom is -0.331 e. The minimum absolute atomic E-state index is 0.0304. The molecule has 0 unspecified atom stereocenters. The number of carbonyl (C=O) groups is 1. The zero-order valence-corrected chi connectivity index (χ0v) is 13.5. The maximum Gasteiger partial charge on any atom is 0.293 e. The van der Waals surface area contributed by atoms with Gasteiger partial charge >= 0.3 is 0 Å². The smallest absolute Gasteiger partial charge is 0.293 e. The van der Waals surface area contributed by atoms with Crippen molar-refractivity contribution in [1.29, 1.82) is 0 Å². The fraction of sp³-hybridized carbons (Fsp3) is 0.786. The van der Waals surface area contributed by atoms with Gasteiger partial charge in [0, 0.05) is 30.1 Å². The lowest BCUT2D eigenvalue weighted by Crippen LogP contribution is -2.48. The monoisotopic (exact) mass is 309 g/mol. The number of hydrogen-bond donors (Lipinski definition) is 1. The highest BCUT2D eigenvalue weighted by Gasteiger charge is 2.31. The van der Waals surface area contributed by atoms with Crippen molar-refractivity contribution >= 4 is 17.7 Å². The van der Waals surface area contributed by atoms with E-state index in [1.54, 1.807) is 6.33 Å². The van der Waals surface area contributed by atoms with Gasteiger partial charge in [0.1, 0.15) is 6.33 Å². The van der Waals surface area contributed by atoms with E-state index in [9.17, 15) is 4.79 Å². The van der Waals surface area contributed by atoms with Crippen LogP contribution in [0, 0.1) is 0 Å². The van der Waals surface area contributed by atoms with Crippen molar-refractivity contribution in [1.82, 2.24) is 25.0 Å². The molecule has 1 aromatic heterocycles. The van der Waals surface area contributed by atoms with Crippen LogP contribution < -0.4 is 5.32 Å². The van der Waals surface area contributed by atoms with Crippen LogP contribution in [-0.4, -0.2) is 62.3 Å². The molecule has 0 saturated carbocycles. The zero-order valence-electron chi connectivity index (χ0n) is 12.7. The Morgan fingerprint density at radius 1 is 1.48 bits per heavy atom. The summed E-state index contributed by atoms with van der Waals surface area (Å²) in [5, 5.41) is 8.26. The van der Waals surface area contributed by atoms with Crippen LogP contribution in [0.4, 0.5) is 0 Å². The van der Waals surface area contributed by atoms with Crippen molar-refractivity contribution < 1.29 is 4.79 Å². The Kier molecular flexibility index (Phi) is 4.49. The number of piperidine rings is 1. The van der Waals surface area contributed by atoms with E-state index in [1.165, 1.54) is 0 Å². The molecule has 3 atom stereocenters. The van der Waals surface area contributed by atoms with Gasteiger partial charge in [-0.3, -0.25) is 4.79 Å². The number of amides is 1. The SMILES string of the molecule is C[C@@H]1SCCN(C(=O)c2ncn([C@@H]3CCCNC3)n2)[C@@H]1C. The Morgan fingerprint density at radius 2 is 2.33 bits per heavy atom. The molecule has 0 bridgehead atoms. The Morgan fingerprint density at radius 3 is 3.10 bits per heavy atom. The van der Waals surface area contributed by atoms with Crippen molar-refractivity contribution in [3.8, 4) is 0 Å². The maximum atomic E-state index is 12.6. The molecule has 0 spiro atoms. The normalized spacial score (nSPS) is 30.4. The van der Waals surface area contributed by atoms with E-state index in [-0.39, 0.29) is 11.9 Å². The van der Waals surface area contributed by atoms with E-state index >= 15 is 0 Å². The van der Waals surface area contributed by atoms with Crippen LogP contribution in [0.25, 0.3) is 0 Å². The summed E-state index contributed by atoms with van der Waals surface area (Å²) in [6.45, 7) is 7.04. The lowest BCUT2D eigenvalue weighted by Gasteiger charge is -2.36. The summed E-state index contributed by atoms with van der Waals surface area (Å²) in [6, 6.07) is 0.556. The third-order valence-electron chi connectivity index (χ3n) is 4.49.